The average Bonchev–Trinajstić information content (AvgIpc) is 3.15. The summed E-state index contributed by atoms with van der Waals surface area (Å²) in [5.74, 6) is -0.738. The lowest BCUT2D eigenvalue weighted by molar-refractivity contribution is -0.185. The van der Waals surface area contributed by atoms with E-state index in [1.54, 1.807) is 0 Å². The van der Waals surface area contributed by atoms with Crippen LogP contribution in [0.15, 0.2) is 30.3 Å². The molecule has 0 spiro atoms. The van der Waals surface area contributed by atoms with Crippen LogP contribution in [-0.4, -0.2) is 168 Å². The van der Waals surface area contributed by atoms with Crippen LogP contribution in [0.1, 0.15) is 51.9 Å². The van der Waals surface area contributed by atoms with E-state index in [-0.39, 0.29) is 13.2 Å². The van der Waals surface area contributed by atoms with Crippen molar-refractivity contribution in [3.05, 3.63) is 30.3 Å². The molecular formula is C38H70O14. The summed E-state index contributed by atoms with van der Waals surface area (Å²) in [5.41, 5.74) is 0. The third-order valence-corrected chi connectivity index (χ3v) is 7.26. The fraction of sp³-hybridized carbons (Fsp3) is 0.842. The zero-order chi connectivity index (χ0) is 37.3. The Bertz CT molecular complexity index is 824. The fourth-order valence-corrected chi connectivity index (χ4v) is 4.54. The van der Waals surface area contributed by atoms with Gasteiger partial charge < -0.3 is 67.1 Å². The molecule has 0 saturated heterocycles. The zero-order valence-electron chi connectivity index (χ0n) is 31.9. The van der Waals surface area contributed by atoms with E-state index < -0.39 is 5.79 Å². The Balaban J connectivity index is 1.81. The second kappa shape index (κ2) is 39.2. The van der Waals surface area contributed by atoms with E-state index in [1.165, 1.54) is 25.7 Å². The molecule has 14 heteroatoms. The molecule has 0 aliphatic heterocycles. The van der Waals surface area contributed by atoms with Crippen LogP contribution in [-0.2, 0) is 52.1 Å². The summed E-state index contributed by atoms with van der Waals surface area (Å²) < 4.78 is 66.1. The molecule has 2 N–H and O–H groups in total. The van der Waals surface area contributed by atoms with Gasteiger partial charge in [-0.25, -0.2) is 0 Å². The van der Waals surface area contributed by atoms with E-state index in [9.17, 15) is 5.11 Å². The third-order valence-electron chi connectivity index (χ3n) is 7.26. The molecule has 0 aliphatic carbocycles. The van der Waals surface area contributed by atoms with Gasteiger partial charge >= 0.3 is 0 Å². The van der Waals surface area contributed by atoms with E-state index >= 15 is 0 Å². The average molecular weight is 751 g/mol. The van der Waals surface area contributed by atoms with E-state index in [0.717, 1.165) is 12.8 Å². The van der Waals surface area contributed by atoms with Crippen LogP contribution < -0.4 is 4.74 Å². The Labute approximate surface area is 312 Å². The number of hydrogen-bond donors (Lipinski definition) is 2. The van der Waals surface area contributed by atoms with Gasteiger partial charge in [-0.3, -0.25) is 0 Å². The summed E-state index contributed by atoms with van der Waals surface area (Å²) in [7, 11) is 0. The maximum Gasteiger partial charge on any atom is 0.231 e. The second-order valence-corrected chi connectivity index (χ2v) is 11.8. The van der Waals surface area contributed by atoms with E-state index in [2.05, 4.69) is 6.92 Å². The molecule has 52 heavy (non-hydrogen) atoms. The van der Waals surface area contributed by atoms with Gasteiger partial charge in [0.25, 0.3) is 0 Å². The lowest BCUT2D eigenvalue weighted by atomic mass is 10.1. The molecule has 1 unspecified atom stereocenters. The molecule has 1 aromatic carbocycles. The van der Waals surface area contributed by atoms with E-state index in [0.29, 0.717) is 151 Å². The summed E-state index contributed by atoms with van der Waals surface area (Å²) in [5, 5.41) is 19.7. The van der Waals surface area contributed by atoms with Crippen molar-refractivity contribution in [3.8, 4) is 5.75 Å². The fourth-order valence-electron chi connectivity index (χ4n) is 4.54. The quantitative estimate of drug-likeness (QED) is 0.0738. The Kier molecular flexibility index (Phi) is 36.6. The predicted octanol–water partition coefficient (Wildman–Crippen LogP) is 3.68. The highest BCUT2D eigenvalue weighted by Gasteiger charge is 2.29. The first-order chi connectivity index (χ1) is 25.7. The number of rotatable bonds is 43. The molecule has 306 valence electrons. The monoisotopic (exact) mass is 750 g/mol. The molecule has 1 rings (SSSR count). The second-order valence-electron chi connectivity index (χ2n) is 11.8. The minimum absolute atomic E-state index is 0.0219. The largest absolute Gasteiger partial charge is 0.460 e. The topological polar surface area (TPSA) is 151 Å². The summed E-state index contributed by atoms with van der Waals surface area (Å²) in [4.78, 5) is 0. The Morgan fingerprint density at radius 3 is 1.12 bits per heavy atom. The first-order valence-corrected chi connectivity index (χ1v) is 19.1. The molecule has 1 atom stereocenters. The molecule has 0 radical (unpaired) electrons. The molecule has 0 aliphatic rings. The van der Waals surface area contributed by atoms with Crippen LogP contribution in [0.4, 0.5) is 0 Å². The van der Waals surface area contributed by atoms with Crippen LogP contribution in [0.2, 0.25) is 0 Å². The lowest BCUT2D eigenvalue weighted by Crippen LogP contribution is -2.41. The van der Waals surface area contributed by atoms with Crippen LogP contribution in [0.3, 0.4) is 0 Å². The summed E-state index contributed by atoms with van der Waals surface area (Å²) in [6.45, 7) is 12.2. The Morgan fingerprint density at radius 1 is 0.423 bits per heavy atom. The molecule has 0 saturated carbocycles. The number of aliphatic hydroxyl groups excluding tert-OH is 1. The summed E-state index contributed by atoms with van der Waals surface area (Å²) in [6.07, 6.45) is 7.33. The van der Waals surface area contributed by atoms with Crippen molar-refractivity contribution in [1.29, 1.82) is 0 Å². The van der Waals surface area contributed by atoms with E-state index in [4.69, 9.17) is 61.9 Å². The minimum Gasteiger partial charge on any atom is -0.460 e. The van der Waals surface area contributed by atoms with Crippen molar-refractivity contribution in [3.63, 3.8) is 0 Å². The Hall–Kier alpha value is -1.50. The first-order valence-electron chi connectivity index (χ1n) is 19.1. The van der Waals surface area contributed by atoms with Gasteiger partial charge in [0.2, 0.25) is 5.79 Å². The van der Waals surface area contributed by atoms with Crippen molar-refractivity contribution >= 4 is 0 Å². The number of hydrogen-bond acceptors (Lipinski definition) is 14. The summed E-state index contributed by atoms with van der Waals surface area (Å²) >= 11 is 0. The number of unbranched alkanes of at least 4 members (excludes halogenated alkanes) is 5. The number of ether oxygens (including phenoxy) is 12. The van der Waals surface area contributed by atoms with Crippen molar-refractivity contribution in [2.24, 2.45) is 0 Å². The smallest absolute Gasteiger partial charge is 0.231 e. The zero-order valence-corrected chi connectivity index (χ0v) is 31.9. The van der Waals surface area contributed by atoms with Gasteiger partial charge in [-0.05, 0) is 18.6 Å². The number of para-hydroxylation sites is 1. The minimum atomic E-state index is -1.37. The summed E-state index contributed by atoms with van der Waals surface area (Å²) in [6, 6.07) is 9.37. The standard InChI is InChI=1S/C38H70O14/c1-2-3-4-5-6-10-13-38(40,52-37-11-8-7-9-12-37)36-51-35-34-50-33-32-49-31-30-48-29-28-47-27-26-46-25-24-45-23-22-44-21-20-43-19-18-42-17-16-41-15-14-39/h7-9,11-12,39-40H,2-6,10,13-36H2,1H3. The number of aliphatic hydroxyl groups is 2. The van der Waals surface area contributed by atoms with Gasteiger partial charge in [0.05, 0.1) is 145 Å². The van der Waals surface area contributed by atoms with Crippen LogP contribution in [0.5, 0.6) is 5.75 Å². The molecule has 0 heterocycles. The van der Waals surface area contributed by atoms with Crippen LogP contribution in [0, 0.1) is 0 Å². The van der Waals surface area contributed by atoms with Crippen molar-refractivity contribution in [1.82, 2.24) is 0 Å². The number of benzene rings is 1. The lowest BCUT2D eigenvalue weighted by Gasteiger charge is -2.29. The molecular weight excluding hydrogens is 680 g/mol. The van der Waals surface area contributed by atoms with E-state index in [1.807, 2.05) is 30.3 Å². The molecule has 1 aromatic rings. The molecule has 0 fully saturated rings. The normalized spacial score (nSPS) is 12.8. The van der Waals surface area contributed by atoms with Gasteiger partial charge in [0.1, 0.15) is 12.4 Å². The maximum absolute atomic E-state index is 11.1. The Morgan fingerprint density at radius 2 is 0.750 bits per heavy atom. The predicted molar refractivity (Wildman–Crippen MR) is 196 cm³/mol. The van der Waals surface area contributed by atoms with Crippen LogP contribution in [0.25, 0.3) is 0 Å². The van der Waals surface area contributed by atoms with Crippen molar-refractivity contribution < 1.29 is 67.1 Å². The molecule has 14 nitrogen and oxygen atoms in total. The van der Waals surface area contributed by atoms with Gasteiger partial charge in [0.15, 0.2) is 0 Å². The highest BCUT2D eigenvalue weighted by molar-refractivity contribution is 5.21. The van der Waals surface area contributed by atoms with Crippen LogP contribution >= 0.6 is 0 Å². The van der Waals surface area contributed by atoms with Crippen molar-refractivity contribution in [2.75, 3.05) is 152 Å². The third kappa shape index (κ3) is 34.3. The molecule has 0 aromatic heterocycles. The van der Waals surface area contributed by atoms with Crippen molar-refractivity contribution in [2.45, 2.75) is 57.7 Å². The molecule has 0 bridgehead atoms. The van der Waals surface area contributed by atoms with Gasteiger partial charge in [-0.1, -0.05) is 57.2 Å². The van der Waals surface area contributed by atoms with Gasteiger partial charge in [0, 0.05) is 6.42 Å². The first kappa shape index (κ1) is 48.5. The molecule has 0 amide bonds. The maximum atomic E-state index is 11.1. The highest BCUT2D eigenvalue weighted by atomic mass is 16.7. The highest BCUT2D eigenvalue weighted by Crippen LogP contribution is 2.22. The van der Waals surface area contributed by atoms with Gasteiger partial charge in [-0.15, -0.1) is 0 Å². The SMILES string of the molecule is CCCCCCCCC(O)(COCCOCCOCCOCCOCCOCCOCCOCCOCCOCCOCCO)Oc1ccccc1. The van der Waals surface area contributed by atoms with Gasteiger partial charge in [-0.2, -0.15) is 0 Å².